The van der Waals surface area contributed by atoms with Crippen LogP contribution in [0.15, 0.2) is 24.4 Å². The molecule has 1 aromatic carbocycles. The van der Waals surface area contributed by atoms with Gasteiger partial charge in [-0.1, -0.05) is 17.7 Å². The van der Waals surface area contributed by atoms with E-state index in [0.717, 1.165) is 0 Å². The van der Waals surface area contributed by atoms with Gasteiger partial charge in [0.15, 0.2) is 5.82 Å². The first kappa shape index (κ1) is 8.92. The van der Waals surface area contributed by atoms with Crippen molar-refractivity contribution in [2.75, 3.05) is 0 Å². The van der Waals surface area contributed by atoms with Crippen molar-refractivity contribution in [3.8, 4) is 6.07 Å². The van der Waals surface area contributed by atoms with Gasteiger partial charge in [0.05, 0.1) is 10.9 Å². The average Bonchev–Trinajstić information content (AvgIpc) is 2.18. The first-order chi connectivity index (χ1) is 6.74. The minimum Gasteiger partial charge on any atom is -0.244 e. The van der Waals surface area contributed by atoms with E-state index in [9.17, 15) is 4.39 Å². The summed E-state index contributed by atoms with van der Waals surface area (Å²) >= 11 is 5.73. The van der Waals surface area contributed by atoms with E-state index in [1.165, 1.54) is 12.3 Å². The normalized spacial score (nSPS) is 10.1. The van der Waals surface area contributed by atoms with Gasteiger partial charge in [-0.15, -0.1) is 0 Å². The van der Waals surface area contributed by atoms with Crippen LogP contribution in [0.4, 0.5) is 4.39 Å². The summed E-state index contributed by atoms with van der Waals surface area (Å²) in [5.74, 6) is -0.608. The molecule has 0 atom stereocenters. The maximum absolute atomic E-state index is 13.6. The lowest BCUT2D eigenvalue weighted by Crippen LogP contribution is -1.88. The molecule has 0 aliphatic rings. The number of hydrogen-bond donors (Lipinski definition) is 0. The van der Waals surface area contributed by atoms with Gasteiger partial charge >= 0.3 is 0 Å². The van der Waals surface area contributed by atoms with Gasteiger partial charge in [0.2, 0.25) is 0 Å². The molecule has 1 heterocycles. The maximum atomic E-state index is 13.6. The van der Waals surface area contributed by atoms with Crippen LogP contribution in [-0.4, -0.2) is 4.98 Å². The molecule has 0 spiro atoms. The van der Waals surface area contributed by atoms with Crippen molar-refractivity contribution in [2.24, 2.45) is 0 Å². The number of nitrogens with zero attached hydrogens (tertiary/aromatic N) is 2. The van der Waals surface area contributed by atoms with Crippen molar-refractivity contribution >= 4 is 22.4 Å². The number of hydrogen-bond acceptors (Lipinski definition) is 2. The summed E-state index contributed by atoms with van der Waals surface area (Å²) in [6.45, 7) is 0. The Morgan fingerprint density at radius 2 is 2.14 bits per heavy atom. The molecule has 68 valence electrons. The summed E-state index contributed by atoms with van der Waals surface area (Å²) in [4.78, 5) is 3.76. The summed E-state index contributed by atoms with van der Waals surface area (Å²) in [5, 5.41) is 9.54. The summed E-state index contributed by atoms with van der Waals surface area (Å²) in [6.07, 6.45) is 1.50. The van der Waals surface area contributed by atoms with Gasteiger partial charge in [0.1, 0.15) is 11.2 Å². The molecule has 0 bridgehead atoms. The third kappa shape index (κ3) is 1.21. The molecule has 0 amide bonds. The second-order valence-corrected chi connectivity index (χ2v) is 3.10. The van der Waals surface area contributed by atoms with E-state index in [1.54, 1.807) is 18.2 Å². The number of nitriles is 1. The first-order valence-electron chi connectivity index (χ1n) is 3.87. The fourth-order valence-corrected chi connectivity index (χ4v) is 1.52. The first-order valence-corrected chi connectivity index (χ1v) is 4.24. The van der Waals surface area contributed by atoms with E-state index in [-0.39, 0.29) is 16.1 Å². The molecule has 4 heteroatoms. The Hall–Kier alpha value is -1.66. The van der Waals surface area contributed by atoms with Crippen LogP contribution in [0.3, 0.4) is 0 Å². The van der Waals surface area contributed by atoms with Crippen LogP contribution < -0.4 is 0 Å². The van der Waals surface area contributed by atoms with Crippen molar-refractivity contribution in [2.45, 2.75) is 0 Å². The summed E-state index contributed by atoms with van der Waals surface area (Å²) < 4.78 is 13.6. The summed E-state index contributed by atoms with van der Waals surface area (Å²) in [7, 11) is 0. The summed E-state index contributed by atoms with van der Waals surface area (Å²) in [6, 6.07) is 6.47. The number of halogens is 2. The number of fused-ring (bicyclic) bond motifs is 1. The SMILES string of the molecule is N#Cc1ccc2ccnc(Cl)c2c1F. The Morgan fingerprint density at radius 3 is 2.86 bits per heavy atom. The van der Waals surface area contributed by atoms with E-state index in [4.69, 9.17) is 16.9 Å². The van der Waals surface area contributed by atoms with Gasteiger partial charge in [0.25, 0.3) is 0 Å². The quantitative estimate of drug-likeness (QED) is 0.622. The standard InChI is InChI=1S/C10H4ClFN2/c11-10-8-6(3-4-14-10)1-2-7(5-13)9(8)12/h1-4H. The Labute approximate surface area is 84.6 Å². The lowest BCUT2D eigenvalue weighted by atomic mass is 10.1. The van der Waals surface area contributed by atoms with Crippen molar-refractivity contribution in [1.82, 2.24) is 4.98 Å². The smallest absolute Gasteiger partial charge is 0.151 e. The third-order valence-corrected chi connectivity index (χ3v) is 2.23. The van der Waals surface area contributed by atoms with Crippen LogP contribution in [-0.2, 0) is 0 Å². The highest BCUT2D eigenvalue weighted by molar-refractivity contribution is 6.34. The fourth-order valence-electron chi connectivity index (χ4n) is 1.27. The monoisotopic (exact) mass is 206 g/mol. The van der Waals surface area contributed by atoms with E-state index < -0.39 is 5.82 Å². The molecule has 0 unspecified atom stereocenters. The average molecular weight is 207 g/mol. The molecule has 14 heavy (non-hydrogen) atoms. The van der Waals surface area contributed by atoms with Gasteiger partial charge < -0.3 is 0 Å². The number of aromatic nitrogens is 1. The largest absolute Gasteiger partial charge is 0.244 e. The molecule has 0 N–H and O–H groups in total. The van der Waals surface area contributed by atoms with E-state index in [2.05, 4.69) is 4.98 Å². The molecule has 0 aliphatic carbocycles. The van der Waals surface area contributed by atoms with Crippen molar-refractivity contribution in [3.63, 3.8) is 0 Å². The minimum absolute atomic E-state index is 0.0209. The molecule has 0 saturated carbocycles. The predicted octanol–water partition coefficient (Wildman–Crippen LogP) is 2.90. The Kier molecular flexibility index (Phi) is 2.06. The van der Waals surface area contributed by atoms with Crippen molar-refractivity contribution in [3.05, 3.63) is 40.9 Å². The van der Waals surface area contributed by atoms with Crippen molar-refractivity contribution in [1.29, 1.82) is 5.26 Å². The van der Waals surface area contributed by atoms with Gasteiger partial charge in [-0.2, -0.15) is 5.26 Å². The molecule has 1 aromatic heterocycles. The Morgan fingerprint density at radius 1 is 1.36 bits per heavy atom. The molecule has 0 saturated heterocycles. The highest BCUT2D eigenvalue weighted by Gasteiger charge is 2.10. The zero-order valence-electron chi connectivity index (χ0n) is 6.96. The third-order valence-electron chi connectivity index (χ3n) is 1.94. The van der Waals surface area contributed by atoms with Crippen LogP contribution in [0.5, 0.6) is 0 Å². The number of rotatable bonds is 0. The Bertz CT molecular complexity index is 546. The van der Waals surface area contributed by atoms with Gasteiger partial charge in [0, 0.05) is 6.20 Å². The fraction of sp³-hybridized carbons (Fsp3) is 0. The lowest BCUT2D eigenvalue weighted by molar-refractivity contribution is 0.635. The maximum Gasteiger partial charge on any atom is 0.151 e. The van der Waals surface area contributed by atoms with Crippen LogP contribution in [0, 0.1) is 17.1 Å². The molecular formula is C10H4ClFN2. The molecule has 0 fully saturated rings. The predicted molar refractivity (Wildman–Crippen MR) is 51.4 cm³/mol. The summed E-state index contributed by atoms with van der Waals surface area (Å²) in [5.41, 5.74) is -0.0209. The van der Waals surface area contributed by atoms with E-state index in [1.807, 2.05) is 0 Å². The molecule has 2 nitrogen and oxygen atoms in total. The van der Waals surface area contributed by atoms with Crippen LogP contribution in [0.25, 0.3) is 10.8 Å². The molecule has 2 rings (SSSR count). The molecule has 0 radical (unpaired) electrons. The highest BCUT2D eigenvalue weighted by Crippen LogP contribution is 2.25. The Balaban J connectivity index is 2.95. The van der Waals surface area contributed by atoms with E-state index in [0.29, 0.717) is 5.39 Å². The topological polar surface area (TPSA) is 36.7 Å². The van der Waals surface area contributed by atoms with Crippen molar-refractivity contribution < 1.29 is 4.39 Å². The highest BCUT2D eigenvalue weighted by atomic mass is 35.5. The zero-order chi connectivity index (χ0) is 10.1. The van der Waals surface area contributed by atoms with Gasteiger partial charge in [-0.3, -0.25) is 0 Å². The minimum atomic E-state index is -0.608. The molecule has 0 aliphatic heterocycles. The zero-order valence-corrected chi connectivity index (χ0v) is 7.72. The molecule has 2 aromatic rings. The second kappa shape index (κ2) is 3.24. The second-order valence-electron chi connectivity index (χ2n) is 2.74. The van der Waals surface area contributed by atoms with Gasteiger partial charge in [-0.05, 0) is 17.5 Å². The lowest BCUT2D eigenvalue weighted by Gasteiger charge is -2.01. The van der Waals surface area contributed by atoms with Crippen LogP contribution in [0.1, 0.15) is 5.56 Å². The molecular weight excluding hydrogens is 203 g/mol. The number of pyridine rings is 1. The number of benzene rings is 1. The van der Waals surface area contributed by atoms with E-state index >= 15 is 0 Å². The van der Waals surface area contributed by atoms with Crippen LogP contribution in [0.2, 0.25) is 5.15 Å². The van der Waals surface area contributed by atoms with Crippen LogP contribution >= 0.6 is 11.6 Å². The van der Waals surface area contributed by atoms with Gasteiger partial charge in [-0.25, -0.2) is 9.37 Å².